The summed E-state index contributed by atoms with van der Waals surface area (Å²) < 4.78 is 0. The SMILES string of the molecule is CCN(CCC1CCCNC1)C(C)CN(C)C. The number of nitrogens with one attached hydrogen (secondary N) is 1. The van der Waals surface area contributed by atoms with Gasteiger partial charge in [0.25, 0.3) is 0 Å². The summed E-state index contributed by atoms with van der Waals surface area (Å²) in [4.78, 5) is 4.91. The Morgan fingerprint density at radius 2 is 2.12 bits per heavy atom. The maximum atomic E-state index is 3.51. The second-order valence-electron chi connectivity index (χ2n) is 5.74. The third kappa shape index (κ3) is 5.84. The Hall–Kier alpha value is -0.120. The topological polar surface area (TPSA) is 18.5 Å². The van der Waals surface area contributed by atoms with Crippen molar-refractivity contribution in [3.8, 4) is 0 Å². The van der Waals surface area contributed by atoms with Crippen molar-refractivity contribution in [1.29, 1.82) is 0 Å². The van der Waals surface area contributed by atoms with Crippen molar-refractivity contribution in [3.05, 3.63) is 0 Å². The van der Waals surface area contributed by atoms with Gasteiger partial charge in [-0.15, -0.1) is 0 Å². The van der Waals surface area contributed by atoms with Gasteiger partial charge in [-0.05, 0) is 72.4 Å². The van der Waals surface area contributed by atoms with Gasteiger partial charge in [-0.3, -0.25) is 4.90 Å². The number of likely N-dealkylation sites (N-methyl/N-ethyl adjacent to an activating group) is 2. The van der Waals surface area contributed by atoms with Crippen LogP contribution in [0.25, 0.3) is 0 Å². The van der Waals surface area contributed by atoms with Gasteiger partial charge < -0.3 is 10.2 Å². The summed E-state index contributed by atoms with van der Waals surface area (Å²) in [5.41, 5.74) is 0. The second kappa shape index (κ2) is 8.06. The predicted molar refractivity (Wildman–Crippen MR) is 75.5 cm³/mol. The van der Waals surface area contributed by atoms with Gasteiger partial charge in [-0.2, -0.15) is 0 Å². The van der Waals surface area contributed by atoms with Crippen LogP contribution in [0.1, 0.15) is 33.1 Å². The van der Waals surface area contributed by atoms with Crippen LogP contribution in [0.5, 0.6) is 0 Å². The molecule has 0 amide bonds. The molecule has 0 aromatic rings. The molecular weight excluding hydrogens is 210 g/mol. The highest BCUT2D eigenvalue weighted by Gasteiger charge is 2.17. The Bertz CT molecular complexity index is 188. The molecule has 17 heavy (non-hydrogen) atoms. The van der Waals surface area contributed by atoms with E-state index in [0.29, 0.717) is 6.04 Å². The van der Waals surface area contributed by atoms with Crippen LogP contribution in [0, 0.1) is 5.92 Å². The van der Waals surface area contributed by atoms with Crippen LogP contribution in [0.4, 0.5) is 0 Å². The highest BCUT2D eigenvalue weighted by Crippen LogP contribution is 2.15. The van der Waals surface area contributed by atoms with Gasteiger partial charge in [0.1, 0.15) is 0 Å². The highest BCUT2D eigenvalue weighted by atomic mass is 15.2. The van der Waals surface area contributed by atoms with E-state index in [0.717, 1.165) is 12.5 Å². The zero-order chi connectivity index (χ0) is 12.7. The van der Waals surface area contributed by atoms with E-state index in [9.17, 15) is 0 Å². The fourth-order valence-electron chi connectivity index (χ4n) is 2.85. The smallest absolute Gasteiger partial charge is 0.0194 e. The minimum Gasteiger partial charge on any atom is -0.316 e. The van der Waals surface area contributed by atoms with Gasteiger partial charge in [0.05, 0.1) is 0 Å². The summed E-state index contributed by atoms with van der Waals surface area (Å²) >= 11 is 0. The standard InChI is InChI=1S/C14H31N3/c1-5-17(13(2)12-16(3)4)10-8-14-7-6-9-15-11-14/h13-15H,5-12H2,1-4H3. The van der Waals surface area contributed by atoms with Crippen molar-refractivity contribution in [1.82, 2.24) is 15.1 Å². The average molecular weight is 241 g/mol. The Morgan fingerprint density at radius 1 is 1.35 bits per heavy atom. The normalized spacial score (nSPS) is 23.3. The van der Waals surface area contributed by atoms with Gasteiger partial charge in [0.15, 0.2) is 0 Å². The van der Waals surface area contributed by atoms with Crippen LogP contribution in [0.2, 0.25) is 0 Å². The van der Waals surface area contributed by atoms with Crippen LogP contribution in [-0.4, -0.2) is 62.7 Å². The summed E-state index contributed by atoms with van der Waals surface area (Å²) in [6, 6.07) is 0.673. The van der Waals surface area contributed by atoms with E-state index >= 15 is 0 Å². The molecule has 1 fully saturated rings. The quantitative estimate of drug-likeness (QED) is 0.731. The summed E-state index contributed by atoms with van der Waals surface area (Å²) in [5.74, 6) is 0.907. The van der Waals surface area contributed by atoms with Gasteiger partial charge in [-0.25, -0.2) is 0 Å². The van der Waals surface area contributed by atoms with Gasteiger partial charge in [-0.1, -0.05) is 6.92 Å². The molecule has 0 saturated carbocycles. The van der Waals surface area contributed by atoms with Crippen molar-refractivity contribution in [2.24, 2.45) is 5.92 Å². The zero-order valence-electron chi connectivity index (χ0n) is 12.2. The number of rotatable bonds is 7. The molecule has 0 radical (unpaired) electrons. The molecule has 3 heteroatoms. The summed E-state index contributed by atoms with van der Waals surface area (Å²) in [6.45, 7) is 10.7. The van der Waals surface area contributed by atoms with Crippen LogP contribution >= 0.6 is 0 Å². The van der Waals surface area contributed by atoms with Crippen molar-refractivity contribution in [2.45, 2.75) is 39.2 Å². The third-order valence-corrected chi connectivity index (χ3v) is 3.88. The second-order valence-corrected chi connectivity index (χ2v) is 5.74. The van der Waals surface area contributed by atoms with Gasteiger partial charge in [0, 0.05) is 12.6 Å². The zero-order valence-corrected chi connectivity index (χ0v) is 12.2. The Morgan fingerprint density at radius 3 is 2.65 bits per heavy atom. The number of piperidine rings is 1. The van der Waals surface area contributed by atoms with E-state index in [1.165, 1.54) is 45.4 Å². The number of nitrogens with zero attached hydrogens (tertiary/aromatic N) is 2. The van der Waals surface area contributed by atoms with Crippen LogP contribution in [-0.2, 0) is 0 Å². The molecule has 2 unspecified atom stereocenters. The Labute approximate surface area is 108 Å². The highest BCUT2D eigenvalue weighted by molar-refractivity contribution is 4.73. The number of hydrogen-bond donors (Lipinski definition) is 1. The number of hydrogen-bond acceptors (Lipinski definition) is 3. The molecule has 0 aromatic carbocycles. The Balaban J connectivity index is 2.25. The van der Waals surface area contributed by atoms with E-state index < -0.39 is 0 Å². The van der Waals surface area contributed by atoms with E-state index in [1.807, 2.05) is 0 Å². The first-order valence-electron chi connectivity index (χ1n) is 7.23. The molecule has 1 rings (SSSR count). The van der Waals surface area contributed by atoms with Gasteiger partial charge in [0.2, 0.25) is 0 Å². The molecule has 0 bridgehead atoms. The third-order valence-electron chi connectivity index (χ3n) is 3.88. The van der Waals surface area contributed by atoms with E-state index in [4.69, 9.17) is 0 Å². The van der Waals surface area contributed by atoms with Crippen LogP contribution < -0.4 is 5.32 Å². The van der Waals surface area contributed by atoms with E-state index in [2.05, 4.69) is 43.1 Å². The van der Waals surface area contributed by atoms with Crippen LogP contribution in [0.15, 0.2) is 0 Å². The molecule has 3 nitrogen and oxygen atoms in total. The van der Waals surface area contributed by atoms with Crippen molar-refractivity contribution < 1.29 is 0 Å². The fourth-order valence-corrected chi connectivity index (χ4v) is 2.85. The molecule has 2 atom stereocenters. The first-order chi connectivity index (χ1) is 8.13. The van der Waals surface area contributed by atoms with Crippen molar-refractivity contribution >= 4 is 0 Å². The summed E-state index contributed by atoms with van der Waals surface area (Å²) in [6.07, 6.45) is 4.15. The van der Waals surface area contributed by atoms with Crippen molar-refractivity contribution in [3.63, 3.8) is 0 Å². The lowest BCUT2D eigenvalue weighted by Gasteiger charge is -2.32. The minimum absolute atomic E-state index is 0.673. The first-order valence-corrected chi connectivity index (χ1v) is 7.23. The molecular formula is C14H31N3. The minimum atomic E-state index is 0.673. The van der Waals surface area contributed by atoms with Crippen molar-refractivity contribution in [2.75, 3.05) is 46.8 Å². The molecule has 0 spiro atoms. The lowest BCUT2D eigenvalue weighted by molar-refractivity contribution is 0.166. The Kier molecular flexibility index (Phi) is 7.09. The molecule has 0 aliphatic carbocycles. The molecule has 0 aromatic heterocycles. The van der Waals surface area contributed by atoms with E-state index in [1.54, 1.807) is 0 Å². The lowest BCUT2D eigenvalue weighted by Crippen LogP contribution is -2.41. The monoisotopic (exact) mass is 241 g/mol. The maximum absolute atomic E-state index is 3.51. The summed E-state index contributed by atoms with van der Waals surface area (Å²) in [5, 5.41) is 3.51. The molecule has 1 N–H and O–H groups in total. The molecule has 102 valence electrons. The van der Waals surface area contributed by atoms with E-state index in [-0.39, 0.29) is 0 Å². The summed E-state index contributed by atoms with van der Waals surface area (Å²) in [7, 11) is 4.32. The molecule has 1 aliphatic rings. The fraction of sp³-hybridized carbons (Fsp3) is 1.00. The lowest BCUT2D eigenvalue weighted by atomic mass is 9.96. The first kappa shape index (κ1) is 14.9. The molecule has 1 heterocycles. The molecule has 1 saturated heterocycles. The van der Waals surface area contributed by atoms with Gasteiger partial charge >= 0.3 is 0 Å². The van der Waals surface area contributed by atoms with Crippen LogP contribution in [0.3, 0.4) is 0 Å². The maximum Gasteiger partial charge on any atom is 0.0194 e. The largest absolute Gasteiger partial charge is 0.316 e. The molecule has 1 aliphatic heterocycles. The predicted octanol–water partition coefficient (Wildman–Crippen LogP) is 1.65. The average Bonchev–Trinajstić information content (AvgIpc) is 2.30.